The summed E-state index contributed by atoms with van der Waals surface area (Å²) in [4.78, 5) is 1.46. The van der Waals surface area contributed by atoms with E-state index < -0.39 is 10.0 Å². The molecule has 1 aromatic carbocycles. The van der Waals surface area contributed by atoms with Crippen molar-refractivity contribution in [1.82, 2.24) is 3.97 Å². The molecule has 0 aliphatic carbocycles. The fourth-order valence-electron chi connectivity index (χ4n) is 2.32. The quantitative estimate of drug-likeness (QED) is 0.731. The van der Waals surface area contributed by atoms with Crippen LogP contribution < -0.4 is 0 Å². The summed E-state index contributed by atoms with van der Waals surface area (Å²) in [5, 5.41) is 2.00. The summed E-state index contributed by atoms with van der Waals surface area (Å²) in [5.41, 5.74) is 0.779. The van der Waals surface area contributed by atoms with E-state index in [-0.39, 0.29) is 5.92 Å². The standard InChI is InChI=1S/C16H15NO2S2/c1-13(16-10-6-12-20-16)15-9-5-11-17(15)21(18,19)14-7-3-2-4-8-14/h2-13H,1H3/t13-/m1/s1. The van der Waals surface area contributed by atoms with Crippen molar-refractivity contribution in [3.63, 3.8) is 0 Å². The molecule has 0 aliphatic rings. The monoisotopic (exact) mass is 317 g/mol. The van der Waals surface area contributed by atoms with Crippen molar-refractivity contribution in [3.05, 3.63) is 76.7 Å². The average molecular weight is 317 g/mol. The van der Waals surface area contributed by atoms with Crippen LogP contribution in [0.1, 0.15) is 23.4 Å². The molecule has 0 spiro atoms. The minimum Gasteiger partial charge on any atom is -0.245 e. The van der Waals surface area contributed by atoms with Crippen LogP contribution in [0.4, 0.5) is 0 Å². The Kier molecular flexibility index (Phi) is 3.69. The summed E-state index contributed by atoms with van der Waals surface area (Å²) in [6.07, 6.45) is 1.61. The van der Waals surface area contributed by atoms with Crippen molar-refractivity contribution in [2.75, 3.05) is 0 Å². The molecule has 2 aromatic heterocycles. The third kappa shape index (κ3) is 2.54. The van der Waals surface area contributed by atoms with Gasteiger partial charge in [0.2, 0.25) is 0 Å². The van der Waals surface area contributed by atoms with Gasteiger partial charge in [-0.2, -0.15) is 0 Å². The normalized spacial score (nSPS) is 13.2. The summed E-state index contributed by atoms with van der Waals surface area (Å²) in [5.74, 6) is 0.0403. The minimum atomic E-state index is -3.54. The summed E-state index contributed by atoms with van der Waals surface area (Å²) >= 11 is 1.64. The Balaban J connectivity index is 2.08. The zero-order valence-corrected chi connectivity index (χ0v) is 13.1. The Hall–Kier alpha value is -1.85. The Labute approximate surface area is 128 Å². The van der Waals surface area contributed by atoms with E-state index in [0.717, 1.165) is 10.6 Å². The number of aromatic nitrogens is 1. The molecule has 0 saturated carbocycles. The summed E-state index contributed by atoms with van der Waals surface area (Å²) in [6, 6.07) is 16.2. The molecule has 3 aromatic rings. The molecule has 0 aliphatic heterocycles. The summed E-state index contributed by atoms with van der Waals surface area (Å²) < 4.78 is 26.9. The summed E-state index contributed by atoms with van der Waals surface area (Å²) in [7, 11) is -3.54. The Morgan fingerprint density at radius 1 is 1.00 bits per heavy atom. The van der Waals surface area contributed by atoms with Crippen LogP contribution in [-0.4, -0.2) is 12.4 Å². The van der Waals surface area contributed by atoms with Gasteiger partial charge < -0.3 is 0 Å². The van der Waals surface area contributed by atoms with Crippen LogP contribution in [-0.2, 0) is 10.0 Å². The van der Waals surface area contributed by atoms with Crippen molar-refractivity contribution in [1.29, 1.82) is 0 Å². The van der Waals surface area contributed by atoms with Gasteiger partial charge in [-0.3, -0.25) is 0 Å². The Bertz CT molecular complexity index is 818. The minimum absolute atomic E-state index is 0.0403. The second-order valence-electron chi connectivity index (χ2n) is 4.78. The van der Waals surface area contributed by atoms with Crippen molar-refractivity contribution in [2.24, 2.45) is 0 Å². The largest absolute Gasteiger partial charge is 0.267 e. The lowest BCUT2D eigenvalue weighted by Gasteiger charge is -2.15. The molecule has 1 atom stereocenters. The van der Waals surface area contributed by atoms with Gasteiger partial charge in [0.1, 0.15) is 0 Å². The lowest BCUT2D eigenvalue weighted by Crippen LogP contribution is -2.16. The average Bonchev–Trinajstić information content (AvgIpc) is 3.19. The fourth-order valence-corrected chi connectivity index (χ4v) is 4.57. The van der Waals surface area contributed by atoms with Crippen LogP contribution in [0.3, 0.4) is 0 Å². The maximum Gasteiger partial charge on any atom is 0.267 e. The maximum atomic E-state index is 12.8. The van der Waals surface area contributed by atoms with E-state index in [1.165, 1.54) is 3.97 Å². The zero-order chi connectivity index (χ0) is 14.9. The molecule has 0 bridgehead atoms. The predicted octanol–water partition coefficient (Wildman–Crippen LogP) is 3.94. The number of hydrogen-bond donors (Lipinski definition) is 0. The molecule has 3 rings (SSSR count). The molecule has 0 amide bonds. The molecule has 0 fully saturated rings. The molecule has 0 radical (unpaired) electrons. The van der Waals surface area contributed by atoms with Crippen molar-refractivity contribution >= 4 is 21.4 Å². The van der Waals surface area contributed by atoms with E-state index in [2.05, 4.69) is 0 Å². The molecular formula is C16H15NO2S2. The molecule has 5 heteroatoms. The number of hydrogen-bond acceptors (Lipinski definition) is 3. The molecule has 2 heterocycles. The molecule has 21 heavy (non-hydrogen) atoms. The second kappa shape index (κ2) is 5.50. The number of thiophene rings is 1. The molecule has 3 nitrogen and oxygen atoms in total. The van der Waals surface area contributed by atoms with Crippen LogP contribution in [0.2, 0.25) is 0 Å². The lowest BCUT2D eigenvalue weighted by atomic mass is 10.1. The van der Waals surface area contributed by atoms with E-state index in [4.69, 9.17) is 0 Å². The van der Waals surface area contributed by atoms with Crippen LogP contribution in [0.15, 0.2) is 71.1 Å². The predicted molar refractivity (Wildman–Crippen MR) is 85.3 cm³/mol. The van der Waals surface area contributed by atoms with E-state index in [0.29, 0.717) is 4.90 Å². The van der Waals surface area contributed by atoms with Crippen LogP contribution in [0.25, 0.3) is 0 Å². The zero-order valence-electron chi connectivity index (χ0n) is 11.5. The van der Waals surface area contributed by atoms with Crippen molar-refractivity contribution < 1.29 is 8.42 Å². The first-order chi connectivity index (χ1) is 10.1. The fraction of sp³-hybridized carbons (Fsp3) is 0.125. The van der Waals surface area contributed by atoms with Crippen LogP contribution in [0, 0.1) is 0 Å². The summed E-state index contributed by atoms with van der Waals surface area (Å²) in [6.45, 7) is 2.03. The van der Waals surface area contributed by atoms with Gasteiger partial charge in [0, 0.05) is 22.7 Å². The lowest BCUT2D eigenvalue weighted by molar-refractivity contribution is 0.584. The highest BCUT2D eigenvalue weighted by molar-refractivity contribution is 7.90. The smallest absolute Gasteiger partial charge is 0.245 e. The van der Waals surface area contributed by atoms with Gasteiger partial charge >= 0.3 is 0 Å². The molecule has 0 saturated heterocycles. The van der Waals surface area contributed by atoms with Gasteiger partial charge in [0.15, 0.2) is 0 Å². The van der Waals surface area contributed by atoms with E-state index in [9.17, 15) is 8.42 Å². The molecular weight excluding hydrogens is 302 g/mol. The van der Waals surface area contributed by atoms with Crippen molar-refractivity contribution in [3.8, 4) is 0 Å². The highest BCUT2D eigenvalue weighted by atomic mass is 32.2. The first-order valence-corrected chi connectivity index (χ1v) is 8.94. The molecule has 0 N–H and O–H groups in total. The van der Waals surface area contributed by atoms with Gasteiger partial charge in [-0.15, -0.1) is 11.3 Å². The third-order valence-corrected chi connectivity index (χ3v) is 6.23. The highest BCUT2D eigenvalue weighted by Crippen LogP contribution is 2.30. The van der Waals surface area contributed by atoms with E-state index >= 15 is 0 Å². The van der Waals surface area contributed by atoms with E-state index in [1.807, 2.05) is 36.6 Å². The molecule has 0 unspecified atom stereocenters. The molecule has 108 valence electrons. The van der Waals surface area contributed by atoms with Crippen LogP contribution >= 0.6 is 11.3 Å². The van der Waals surface area contributed by atoms with Gasteiger partial charge in [0.25, 0.3) is 10.0 Å². The third-order valence-electron chi connectivity index (χ3n) is 3.46. The second-order valence-corrected chi connectivity index (χ2v) is 7.58. The number of benzene rings is 1. The first-order valence-electron chi connectivity index (χ1n) is 6.62. The number of rotatable bonds is 4. The SMILES string of the molecule is C[C@@H](c1cccs1)c1cccn1S(=O)(=O)c1ccccc1. The van der Waals surface area contributed by atoms with Gasteiger partial charge in [0.05, 0.1) is 4.90 Å². The maximum absolute atomic E-state index is 12.8. The van der Waals surface area contributed by atoms with Gasteiger partial charge in [-0.1, -0.05) is 31.2 Å². The van der Waals surface area contributed by atoms with Gasteiger partial charge in [-0.25, -0.2) is 12.4 Å². The first kappa shape index (κ1) is 14.1. The Morgan fingerprint density at radius 3 is 2.43 bits per heavy atom. The Morgan fingerprint density at radius 2 is 1.76 bits per heavy atom. The highest BCUT2D eigenvalue weighted by Gasteiger charge is 2.22. The van der Waals surface area contributed by atoms with Crippen molar-refractivity contribution in [2.45, 2.75) is 17.7 Å². The topological polar surface area (TPSA) is 39.1 Å². The van der Waals surface area contributed by atoms with E-state index in [1.54, 1.807) is 47.9 Å². The van der Waals surface area contributed by atoms with Gasteiger partial charge in [-0.05, 0) is 35.7 Å². The number of nitrogens with zero attached hydrogens (tertiary/aromatic N) is 1. The van der Waals surface area contributed by atoms with Crippen LogP contribution in [0.5, 0.6) is 0 Å².